The summed E-state index contributed by atoms with van der Waals surface area (Å²) in [5, 5.41) is 46.0. The summed E-state index contributed by atoms with van der Waals surface area (Å²) < 4.78 is 23.1. The molecule has 16 nitrogen and oxygen atoms in total. The lowest BCUT2D eigenvalue weighted by Gasteiger charge is -2.26. The summed E-state index contributed by atoms with van der Waals surface area (Å²) in [6, 6.07) is 13.5. The highest BCUT2D eigenvalue weighted by Crippen LogP contribution is 2.41. The molecular formula is C70H93N4O12Si2. The van der Waals surface area contributed by atoms with Crippen LogP contribution in [0.4, 0.5) is 0 Å². The summed E-state index contributed by atoms with van der Waals surface area (Å²) in [7, 11) is 3.97. The Kier molecular flexibility index (Phi) is 24.7. The Morgan fingerprint density at radius 2 is 0.682 bits per heavy atom. The van der Waals surface area contributed by atoms with Crippen molar-refractivity contribution in [3.8, 4) is 46.0 Å². The standard InChI is InChI=1S/C70H93N4O12Si2/c1-67(2,3)51-35-47(31-43(63(51)79)39-71-55-21-17-19-23-57(55)73-41-45-33-49(85-61(77)27-29-87)37-53(65(45)81)69(7,8)9)83-59(75)25-15-14-16-26-60(76)84-48-32-44(64(80)52(36-48)68(4,5)6)40-72-56-22-18-20-24-58(56)74-42-46-34-50(86-62(78)28-30-88-13)38-54(66(46)82)70(10,11)12/h31-42,55-58,79-82H,14-30H2,1-13H3/t55?,56?,57-,58-/m1/s1. The number of aromatic hydroxyl groups is 4. The van der Waals surface area contributed by atoms with Gasteiger partial charge in [0.05, 0.1) is 24.2 Å². The van der Waals surface area contributed by atoms with Gasteiger partial charge in [-0.1, -0.05) is 134 Å². The van der Waals surface area contributed by atoms with Crippen molar-refractivity contribution in [1.82, 2.24) is 0 Å². The Morgan fingerprint density at radius 3 is 0.920 bits per heavy atom. The van der Waals surface area contributed by atoms with Crippen LogP contribution >= 0.6 is 0 Å². The average molecular weight is 1240 g/mol. The zero-order valence-corrected chi connectivity index (χ0v) is 56.1. The molecule has 6 rings (SSSR count). The number of unbranched alkanes of at least 4 members (excludes halogenated alkanes) is 2. The molecule has 4 atom stereocenters. The molecule has 0 heterocycles. The maximum absolute atomic E-state index is 13.4. The Labute approximate surface area is 527 Å². The number of esters is 4. The molecule has 2 unspecified atom stereocenters. The van der Waals surface area contributed by atoms with Crippen LogP contribution in [-0.4, -0.2) is 113 Å². The van der Waals surface area contributed by atoms with Crippen molar-refractivity contribution in [3.63, 3.8) is 0 Å². The second-order valence-electron chi connectivity index (χ2n) is 27.4. The third-order valence-corrected chi connectivity index (χ3v) is 16.8. The van der Waals surface area contributed by atoms with Gasteiger partial charge in [-0.15, -0.1) is 0 Å². The fraction of sp³-hybridized carbons (Fsp3) is 0.543. The number of benzene rings is 4. The van der Waals surface area contributed by atoms with E-state index in [-0.39, 0.29) is 83.9 Å². The molecule has 5 radical (unpaired) electrons. The van der Waals surface area contributed by atoms with E-state index in [2.05, 4.69) is 10.2 Å². The van der Waals surface area contributed by atoms with Gasteiger partial charge in [0.1, 0.15) is 46.0 Å². The van der Waals surface area contributed by atoms with Gasteiger partial charge in [0.25, 0.3) is 0 Å². The summed E-state index contributed by atoms with van der Waals surface area (Å²) >= 11 is 0. The zero-order valence-electron chi connectivity index (χ0n) is 54.1. The molecule has 2 aliphatic carbocycles. The predicted molar refractivity (Wildman–Crippen MR) is 352 cm³/mol. The molecule has 2 aliphatic rings. The smallest absolute Gasteiger partial charge is 0.311 e. The number of nitrogens with zero attached hydrogens (tertiary/aromatic N) is 4. The van der Waals surface area contributed by atoms with Crippen molar-refractivity contribution in [2.24, 2.45) is 20.0 Å². The molecule has 473 valence electrons. The van der Waals surface area contributed by atoms with Crippen LogP contribution in [0.3, 0.4) is 0 Å². The van der Waals surface area contributed by atoms with Gasteiger partial charge in [-0.25, -0.2) is 0 Å². The van der Waals surface area contributed by atoms with Crippen molar-refractivity contribution in [1.29, 1.82) is 0 Å². The summed E-state index contributed by atoms with van der Waals surface area (Å²) in [6.45, 7) is 25.7. The molecule has 0 spiro atoms. The minimum atomic E-state index is -0.515. The number of hydrogen-bond donors (Lipinski definition) is 4. The fourth-order valence-electron chi connectivity index (χ4n) is 10.8. The molecular weight excluding hydrogens is 1140 g/mol. The SMILES string of the molecule is C[Si]CCC(=O)Oc1cc(C=N[C@@H]2CCCCC2N=Cc2cc(OC(=O)CCCCCC(=O)Oc3cc(C=NC4CCCC[C@H]4N=Cc4cc(OC(=O)CC[Si])cc(C(C)(C)C)c4O)c(O)c(C(C)(C)C)c3)cc(C(C)(C)C)c2O)c(O)c(C(C)(C)C)c1. The number of rotatable bonds is 23. The highest BCUT2D eigenvalue weighted by molar-refractivity contribution is 6.33. The monoisotopic (exact) mass is 1240 g/mol. The van der Waals surface area contributed by atoms with Gasteiger partial charge in [0.2, 0.25) is 0 Å². The van der Waals surface area contributed by atoms with Gasteiger partial charge in [0, 0.05) is 115 Å². The van der Waals surface area contributed by atoms with Crippen molar-refractivity contribution in [3.05, 3.63) is 93.0 Å². The molecule has 4 aromatic carbocycles. The molecule has 0 aromatic heterocycles. The topological polar surface area (TPSA) is 236 Å². The first-order valence-corrected chi connectivity index (χ1v) is 33.5. The molecule has 2 fully saturated rings. The Bertz CT molecular complexity index is 3230. The number of carbonyl (C=O) groups excluding carboxylic acids is 4. The quantitative estimate of drug-likeness (QED) is 0.0178. The maximum atomic E-state index is 13.4. The number of carbonyl (C=O) groups is 4. The van der Waals surface area contributed by atoms with Gasteiger partial charge >= 0.3 is 23.9 Å². The van der Waals surface area contributed by atoms with Crippen molar-refractivity contribution in [2.75, 3.05) is 0 Å². The summed E-state index contributed by atoms with van der Waals surface area (Å²) in [5.41, 5.74) is 2.19. The summed E-state index contributed by atoms with van der Waals surface area (Å²) in [5.74, 6) is -0.185. The van der Waals surface area contributed by atoms with Crippen LogP contribution in [0.5, 0.6) is 46.0 Å². The summed E-state index contributed by atoms with van der Waals surface area (Å²) in [4.78, 5) is 71.6. The van der Waals surface area contributed by atoms with Gasteiger partial charge in [-0.2, -0.15) is 0 Å². The van der Waals surface area contributed by atoms with Crippen molar-refractivity contribution < 1.29 is 58.6 Å². The maximum Gasteiger partial charge on any atom is 0.311 e. The van der Waals surface area contributed by atoms with Gasteiger partial charge in [0.15, 0.2) is 0 Å². The number of hydrogen-bond acceptors (Lipinski definition) is 16. The van der Waals surface area contributed by atoms with E-state index in [1.54, 1.807) is 73.4 Å². The van der Waals surface area contributed by atoms with Crippen LogP contribution < -0.4 is 18.9 Å². The molecule has 0 aliphatic heterocycles. The van der Waals surface area contributed by atoms with E-state index in [1.807, 2.05) is 89.6 Å². The fourth-order valence-corrected chi connectivity index (χ4v) is 11.4. The van der Waals surface area contributed by atoms with Crippen LogP contribution in [0, 0.1) is 0 Å². The van der Waals surface area contributed by atoms with Crippen LogP contribution in [0.25, 0.3) is 0 Å². The van der Waals surface area contributed by atoms with Gasteiger partial charge in [-0.05, 0) is 109 Å². The predicted octanol–water partition coefficient (Wildman–Crippen LogP) is 14.2. The average Bonchev–Trinajstić information content (AvgIpc) is 1.74. The van der Waals surface area contributed by atoms with E-state index in [1.165, 1.54) is 0 Å². The lowest BCUT2D eigenvalue weighted by Crippen LogP contribution is -2.27. The first-order valence-electron chi connectivity index (χ1n) is 31.1. The Hall–Kier alpha value is -6.93. The van der Waals surface area contributed by atoms with Crippen molar-refractivity contribution >= 4 is 68.5 Å². The number of aliphatic imine (C=N–C) groups is 4. The molecule has 0 bridgehead atoms. The lowest BCUT2D eigenvalue weighted by molar-refractivity contribution is -0.135. The molecule has 88 heavy (non-hydrogen) atoms. The number of phenols is 4. The third kappa shape index (κ3) is 20.3. The zero-order chi connectivity index (χ0) is 64.7. The van der Waals surface area contributed by atoms with Crippen molar-refractivity contribution in [2.45, 2.75) is 244 Å². The molecule has 0 saturated heterocycles. The normalized spacial score (nSPS) is 17.9. The largest absolute Gasteiger partial charge is 0.507 e. The van der Waals surface area contributed by atoms with Crippen LogP contribution in [0.1, 0.15) is 224 Å². The van der Waals surface area contributed by atoms with Gasteiger partial charge < -0.3 is 39.4 Å². The van der Waals surface area contributed by atoms with E-state index in [4.69, 9.17) is 38.9 Å². The van der Waals surface area contributed by atoms with Crippen LogP contribution in [0.15, 0.2) is 68.5 Å². The van der Waals surface area contributed by atoms with E-state index in [0.29, 0.717) is 97.3 Å². The molecule has 4 aromatic rings. The number of ether oxygens (including phenoxy) is 4. The first-order chi connectivity index (χ1) is 41.4. The Balaban J connectivity index is 1.08. The third-order valence-electron chi connectivity index (χ3n) is 15.8. The van der Waals surface area contributed by atoms with Gasteiger partial charge in [-0.3, -0.25) is 39.1 Å². The Morgan fingerprint density at radius 1 is 0.432 bits per heavy atom. The highest BCUT2D eigenvalue weighted by atomic mass is 28.2. The number of phenolic OH excluding ortho intramolecular Hbond substituents is 4. The molecule has 18 heteroatoms. The second-order valence-corrected chi connectivity index (χ2v) is 29.1. The second kappa shape index (κ2) is 31.0. The summed E-state index contributed by atoms with van der Waals surface area (Å²) in [6.07, 6.45) is 15.4. The molecule has 2 saturated carbocycles. The van der Waals surface area contributed by atoms with Crippen LogP contribution in [-0.2, 0) is 40.8 Å². The first kappa shape index (κ1) is 70.2. The van der Waals surface area contributed by atoms with Crippen LogP contribution in [0.2, 0.25) is 18.6 Å². The van der Waals surface area contributed by atoms with E-state index < -0.39 is 39.6 Å². The van der Waals surface area contributed by atoms with E-state index in [0.717, 1.165) is 57.4 Å². The van der Waals surface area contributed by atoms with E-state index in [9.17, 15) is 39.6 Å². The molecule has 4 N–H and O–H groups in total. The highest BCUT2D eigenvalue weighted by Gasteiger charge is 2.30. The minimum absolute atomic E-state index is 0.0347. The molecule has 0 amide bonds. The van der Waals surface area contributed by atoms with E-state index >= 15 is 0 Å². The minimum Gasteiger partial charge on any atom is -0.507 e. The lowest BCUT2D eigenvalue weighted by atomic mass is 9.85.